The number of ether oxygens (including phenoxy) is 1. The molecule has 0 saturated heterocycles. The van der Waals surface area contributed by atoms with Crippen LogP contribution in [0.15, 0.2) is 23.2 Å². The summed E-state index contributed by atoms with van der Waals surface area (Å²) in [4.78, 5) is 16.3. The number of hydrogen-bond acceptors (Lipinski definition) is 7. The van der Waals surface area contributed by atoms with Crippen molar-refractivity contribution in [3.63, 3.8) is 0 Å². The van der Waals surface area contributed by atoms with E-state index in [4.69, 9.17) is 4.74 Å². The number of aromatic nitrogens is 3. The average Bonchev–Trinajstić information content (AvgIpc) is 3.34. The molecule has 9 nitrogen and oxygen atoms in total. The van der Waals surface area contributed by atoms with Gasteiger partial charge in [-0.3, -0.25) is 5.10 Å². The van der Waals surface area contributed by atoms with Gasteiger partial charge < -0.3 is 15.4 Å². The molecule has 1 aliphatic heterocycles. The highest BCUT2D eigenvalue weighted by Gasteiger charge is 2.30. The molecule has 2 atom stereocenters. The molecule has 10 heteroatoms. The van der Waals surface area contributed by atoms with Gasteiger partial charge in [0.1, 0.15) is 11.9 Å². The van der Waals surface area contributed by atoms with E-state index in [2.05, 4.69) is 25.8 Å². The number of carbonyl (C=O) groups excluding carboxylic acids is 1. The number of hydrogen-bond donors (Lipinski definition) is 3. The van der Waals surface area contributed by atoms with Crippen LogP contribution < -0.4 is 10.6 Å². The Hall–Kier alpha value is -2.62. The maximum atomic E-state index is 11.9. The first-order valence-corrected chi connectivity index (χ1v) is 11.5. The topological polar surface area (TPSA) is 126 Å². The van der Waals surface area contributed by atoms with Gasteiger partial charge >= 0.3 is 6.09 Å². The second-order valence-corrected chi connectivity index (χ2v) is 9.99. The average molecular weight is 420 g/mol. The number of nitrogens with zero attached hydrogens (tertiary/aromatic N) is 2. The van der Waals surface area contributed by atoms with Crippen LogP contribution in [0, 0.1) is 0 Å². The molecule has 1 saturated carbocycles. The van der Waals surface area contributed by atoms with Crippen LogP contribution in [0.4, 0.5) is 16.4 Å². The van der Waals surface area contributed by atoms with Gasteiger partial charge in [-0.05, 0) is 51.2 Å². The Balaban J connectivity index is 1.37. The van der Waals surface area contributed by atoms with E-state index in [0.717, 1.165) is 30.5 Å². The summed E-state index contributed by atoms with van der Waals surface area (Å²) >= 11 is 0. The quantitative estimate of drug-likeness (QED) is 0.680. The molecule has 0 bridgehead atoms. The molecule has 0 unspecified atom stereocenters. The Labute approximate surface area is 169 Å². The van der Waals surface area contributed by atoms with E-state index in [1.54, 1.807) is 6.07 Å². The second-order valence-electron chi connectivity index (χ2n) is 7.92. The number of amides is 1. The molecule has 156 valence electrons. The molecule has 1 aliphatic carbocycles. The predicted molar refractivity (Wildman–Crippen MR) is 107 cm³/mol. The molecule has 0 aromatic carbocycles. The molecule has 0 spiro atoms. The van der Waals surface area contributed by atoms with Gasteiger partial charge in [0.05, 0.1) is 10.6 Å². The lowest BCUT2D eigenvalue weighted by molar-refractivity contribution is 0.0981. The summed E-state index contributed by atoms with van der Waals surface area (Å²) in [6, 6.07) is 3.74. The van der Waals surface area contributed by atoms with Gasteiger partial charge in [-0.2, -0.15) is 5.10 Å². The van der Waals surface area contributed by atoms with Gasteiger partial charge in [0.15, 0.2) is 15.7 Å². The van der Waals surface area contributed by atoms with Crippen LogP contribution in [0.3, 0.4) is 0 Å². The van der Waals surface area contributed by atoms with E-state index in [0.29, 0.717) is 23.0 Å². The molecule has 4 rings (SSSR count). The second kappa shape index (κ2) is 7.66. The monoisotopic (exact) mass is 419 g/mol. The van der Waals surface area contributed by atoms with E-state index in [1.807, 2.05) is 19.9 Å². The number of aromatic amines is 1. The van der Waals surface area contributed by atoms with Crippen molar-refractivity contribution in [2.45, 2.75) is 62.5 Å². The largest absolute Gasteiger partial charge is 0.446 e. The number of anilines is 2. The molecule has 2 aliphatic rings. The lowest BCUT2D eigenvalue weighted by atomic mass is 10.0. The molecule has 1 fully saturated rings. The zero-order chi connectivity index (χ0) is 20.6. The van der Waals surface area contributed by atoms with Crippen LogP contribution in [-0.2, 0) is 21.0 Å². The lowest BCUT2D eigenvalue weighted by Gasteiger charge is -2.14. The van der Waals surface area contributed by atoms with Crippen LogP contribution in [0.5, 0.6) is 0 Å². The fourth-order valence-corrected chi connectivity index (χ4v) is 5.36. The minimum atomic E-state index is -3.18. The maximum absolute atomic E-state index is 11.9. The lowest BCUT2D eigenvalue weighted by Crippen LogP contribution is -2.33. The van der Waals surface area contributed by atoms with Crippen molar-refractivity contribution < 1.29 is 17.9 Å². The number of H-pyrrole nitrogens is 1. The number of rotatable bonds is 5. The Kier molecular flexibility index (Phi) is 5.20. The summed E-state index contributed by atoms with van der Waals surface area (Å²) in [6.07, 6.45) is 3.93. The summed E-state index contributed by atoms with van der Waals surface area (Å²) in [5, 5.41) is 13.2. The number of fused-ring (bicyclic) bond motifs is 1. The Morgan fingerprint density at radius 2 is 2.10 bits per heavy atom. The summed E-state index contributed by atoms with van der Waals surface area (Å²) in [5.74, 6) is 1.57. The number of alkyl carbamates (subject to hydrolysis) is 1. The third-order valence-corrected chi connectivity index (χ3v) is 7.06. The first kappa shape index (κ1) is 19.7. The summed E-state index contributed by atoms with van der Waals surface area (Å²) in [7, 11) is -3.18. The fraction of sp³-hybridized carbons (Fsp3) is 0.526. The smallest absolute Gasteiger partial charge is 0.407 e. The van der Waals surface area contributed by atoms with Crippen molar-refractivity contribution in [2.24, 2.45) is 0 Å². The molecule has 3 heterocycles. The Morgan fingerprint density at radius 3 is 2.90 bits per heavy atom. The van der Waals surface area contributed by atoms with Crippen molar-refractivity contribution in [1.82, 2.24) is 20.5 Å². The first-order chi connectivity index (χ1) is 13.8. The van der Waals surface area contributed by atoms with Gasteiger partial charge in [-0.1, -0.05) is 0 Å². The zero-order valence-electron chi connectivity index (χ0n) is 16.4. The molecular weight excluding hydrogens is 394 g/mol. The molecule has 2 aromatic heterocycles. The third kappa shape index (κ3) is 4.36. The molecule has 1 amide bonds. The van der Waals surface area contributed by atoms with Gasteiger partial charge in [-0.25, -0.2) is 18.2 Å². The summed E-state index contributed by atoms with van der Waals surface area (Å²) < 4.78 is 29.3. The minimum absolute atomic E-state index is 0.0499. The molecule has 0 radical (unpaired) electrons. The van der Waals surface area contributed by atoms with Crippen molar-refractivity contribution >= 4 is 27.6 Å². The Morgan fingerprint density at radius 1 is 1.28 bits per heavy atom. The highest BCUT2D eigenvalue weighted by atomic mass is 32.2. The van der Waals surface area contributed by atoms with Crippen LogP contribution in [0.2, 0.25) is 0 Å². The highest BCUT2D eigenvalue weighted by Crippen LogP contribution is 2.36. The van der Waals surface area contributed by atoms with Crippen LogP contribution in [0.25, 0.3) is 0 Å². The number of nitrogens with one attached hydrogen (secondary N) is 3. The van der Waals surface area contributed by atoms with E-state index in [-0.39, 0.29) is 29.9 Å². The number of sulfone groups is 1. The van der Waals surface area contributed by atoms with Crippen molar-refractivity contribution in [1.29, 1.82) is 0 Å². The standard InChI is InChI=1S/C19H25N5O4S/c1-11(2)21-19(25)28-14-4-3-12(7-14)15-9-18(24-23-15)22-17-8-13-5-6-29(26,27)16(13)10-20-17/h8-12,14H,3-7H2,1-2H3,(H,21,25)(H2,20,22,23,24)/t12-,14+/m0/s1. The SMILES string of the molecule is CC(C)NC(=O)O[C@@H]1CC[C@H](c2cc(Nc3cc4c(cn3)S(=O)(=O)CC4)n[nH]2)C1. The first-order valence-electron chi connectivity index (χ1n) is 9.81. The van der Waals surface area contributed by atoms with E-state index >= 15 is 0 Å². The van der Waals surface area contributed by atoms with Gasteiger partial charge in [0.2, 0.25) is 0 Å². The third-order valence-electron chi connectivity index (χ3n) is 5.28. The van der Waals surface area contributed by atoms with Gasteiger partial charge in [-0.15, -0.1) is 0 Å². The molecule has 2 aromatic rings. The number of carbonyl (C=O) groups is 1. The summed E-state index contributed by atoms with van der Waals surface area (Å²) in [5.41, 5.74) is 1.76. The fourth-order valence-electron chi connectivity index (χ4n) is 3.87. The Bertz CT molecular complexity index is 1020. The predicted octanol–water partition coefficient (Wildman–Crippen LogP) is 2.65. The van der Waals surface area contributed by atoms with Crippen molar-refractivity contribution in [3.05, 3.63) is 29.6 Å². The van der Waals surface area contributed by atoms with E-state index in [9.17, 15) is 13.2 Å². The van der Waals surface area contributed by atoms with Crippen molar-refractivity contribution in [2.75, 3.05) is 11.1 Å². The van der Waals surface area contributed by atoms with Crippen molar-refractivity contribution in [3.8, 4) is 0 Å². The van der Waals surface area contributed by atoms with Crippen LogP contribution in [-0.4, -0.2) is 47.6 Å². The van der Waals surface area contributed by atoms with E-state index < -0.39 is 9.84 Å². The normalized spacial score (nSPS) is 22.4. The number of pyridine rings is 1. The number of aryl methyl sites for hydroxylation is 1. The molecular formula is C19H25N5O4S. The zero-order valence-corrected chi connectivity index (χ0v) is 17.3. The van der Waals surface area contributed by atoms with Gasteiger partial charge in [0.25, 0.3) is 0 Å². The van der Waals surface area contributed by atoms with E-state index in [1.165, 1.54) is 6.20 Å². The summed E-state index contributed by atoms with van der Waals surface area (Å²) in [6.45, 7) is 3.79. The molecule has 29 heavy (non-hydrogen) atoms. The van der Waals surface area contributed by atoms with Gasteiger partial charge in [0, 0.05) is 29.9 Å². The molecule has 3 N–H and O–H groups in total. The highest BCUT2D eigenvalue weighted by molar-refractivity contribution is 7.91. The minimum Gasteiger partial charge on any atom is -0.446 e. The van der Waals surface area contributed by atoms with Crippen LogP contribution in [0.1, 0.15) is 50.3 Å². The van der Waals surface area contributed by atoms with Crippen LogP contribution >= 0.6 is 0 Å². The maximum Gasteiger partial charge on any atom is 0.407 e.